The van der Waals surface area contributed by atoms with Gasteiger partial charge in [-0.2, -0.15) is 10.7 Å². The average Bonchev–Trinajstić information content (AvgIpc) is 2.07. The molecule has 1 rings (SSSR count). The Morgan fingerprint density at radius 1 is 1.33 bits per heavy atom. The number of hydrogen-bond acceptors (Lipinski definition) is 5. The van der Waals surface area contributed by atoms with Crippen molar-refractivity contribution in [3.8, 4) is 0 Å². The molecule has 0 spiro atoms. The predicted octanol–water partition coefficient (Wildman–Crippen LogP) is -1.73. The van der Waals surface area contributed by atoms with Crippen LogP contribution in [0.15, 0.2) is 0 Å². The fourth-order valence-electron chi connectivity index (χ4n) is 0.814. The highest BCUT2D eigenvalue weighted by molar-refractivity contribution is 6.36. The van der Waals surface area contributed by atoms with Gasteiger partial charge in [0.15, 0.2) is 0 Å². The van der Waals surface area contributed by atoms with Crippen LogP contribution in [0.3, 0.4) is 0 Å². The highest BCUT2D eigenvalue weighted by Gasteiger charge is 2.19. The number of Topliss-reactive ketones (excluding diaryl/α,β-unsaturated/α-hetero) is 1. The highest BCUT2D eigenvalue weighted by Crippen LogP contribution is 1.93. The second kappa shape index (κ2) is 3.61. The molecule has 0 atom stereocenters. The number of amides is 1. The lowest BCUT2D eigenvalue weighted by Gasteiger charge is -2.29. The summed E-state index contributed by atoms with van der Waals surface area (Å²) >= 11 is 0. The van der Waals surface area contributed by atoms with Crippen molar-refractivity contribution >= 4 is 11.7 Å². The van der Waals surface area contributed by atoms with Crippen LogP contribution in [-0.4, -0.2) is 42.5 Å². The number of rotatable bonds is 0. The van der Waals surface area contributed by atoms with Crippen molar-refractivity contribution in [2.75, 3.05) is 20.6 Å². The maximum absolute atomic E-state index is 10.9. The zero-order valence-corrected chi connectivity index (χ0v) is 7.13. The first-order valence-corrected chi connectivity index (χ1v) is 3.65. The summed E-state index contributed by atoms with van der Waals surface area (Å²) in [7, 11) is 3.56. The van der Waals surface area contributed by atoms with E-state index in [1.807, 2.05) is 7.05 Å². The lowest BCUT2D eigenvalue weighted by molar-refractivity contribution is -0.145. The van der Waals surface area contributed by atoms with Crippen LogP contribution in [0, 0.1) is 0 Å². The maximum atomic E-state index is 10.9. The van der Waals surface area contributed by atoms with E-state index >= 15 is 0 Å². The van der Waals surface area contributed by atoms with Crippen molar-refractivity contribution in [1.29, 1.82) is 0 Å². The number of hydrogen-bond donors (Lipinski definition) is 2. The van der Waals surface area contributed by atoms with Gasteiger partial charge in [0, 0.05) is 27.1 Å². The van der Waals surface area contributed by atoms with E-state index in [9.17, 15) is 9.59 Å². The molecule has 0 unspecified atom stereocenters. The van der Waals surface area contributed by atoms with Crippen molar-refractivity contribution in [3.63, 3.8) is 0 Å². The van der Waals surface area contributed by atoms with E-state index in [2.05, 4.69) is 11.0 Å². The van der Waals surface area contributed by atoms with Crippen molar-refractivity contribution in [3.05, 3.63) is 0 Å². The number of carbonyl (C=O) groups excluding carboxylic acids is 2. The van der Waals surface area contributed by atoms with Gasteiger partial charge in [-0.25, -0.2) is 5.01 Å². The molecular formula is C6H12N4O2. The second-order valence-corrected chi connectivity index (χ2v) is 2.64. The number of carbonyl (C=O) groups is 2. The summed E-state index contributed by atoms with van der Waals surface area (Å²) in [5.41, 5.74) is 4.81. The van der Waals surface area contributed by atoms with E-state index in [0.717, 1.165) is 0 Å². The van der Waals surface area contributed by atoms with Gasteiger partial charge in [-0.1, -0.05) is 0 Å². The Labute approximate surface area is 70.4 Å². The molecule has 6 heteroatoms. The Bertz CT molecular complexity index is 184. The third-order valence-corrected chi connectivity index (χ3v) is 1.76. The fraction of sp³-hybridized carbons (Fsp3) is 0.667. The third-order valence-electron chi connectivity index (χ3n) is 1.76. The van der Waals surface area contributed by atoms with Gasteiger partial charge in [0.05, 0.1) is 0 Å². The molecule has 0 radical (unpaired) electrons. The first-order chi connectivity index (χ1) is 5.61. The van der Waals surface area contributed by atoms with Gasteiger partial charge in [-0.05, 0) is 0 Å². The Hall–Kier alpha value is -0.980. The summed E-state index contributed by atoms with van der Waals surface area (Å²) in [5.74, 6) is -0.989. The quantitative estimate of drug-likeness (QED) is 0.425. The van der Waals surface area contributed by atoms with Crippen molar-refractivity contribution in [1.82, 2.24) is 21.1 Å². The Kier molecular flexibility index (Phi) is 2.74. The molecule has 1 aliphatic heterocycles. The summed E-state index contributed by atoms with van der Waals surface area (Å²) < 4.78 is 0. The van der Waals surface area contributed by atoms with Gasteiger partial charge in [0.25, 0.3) is 0 Å². The minimum absolute atomic E-state index is 0.244. The number of nitrogens with zero attached hydrogens (tertiary/aromatic N) is 2. The number of nitrogens with one attached hydrogen (secondary N) is 2. The zero-order chi connectivity index (χ0) is 9.14. The van der Waals surface area contributed by atoms with E-state index < -0.39 is 11.7 Å². The largest absolute Gasteiger partial charge is 0.302 e. The summed E-state index contributed by atoms with van der Waals surface area (Å²) in [4.78, 5) is 21.8. The van der Waals surface area contributed by atoms with Gasteiger partial charge < -0.3 is 0 Å². The second-order valence-electron chi connectivity index (χ2n) is 2.64. The van der Waals surface area contributed by atoms with Gasteiger partial charge in [-0.3, -0.25) is 15.0 Å². The average molecular weight is 172 g/mol. The van der Waals surface area contributed by atoms with Crippen LogP contribution in [0.5, 0.6) is 0 Å². The van der Waals surface area contributed by atoms with Crippen LogP contribution in [0.25, 0.3) is 0 Å². The van der Waals surface area contributed by atoms with Crippen LogP contribution in [0.4, 0.5) is 0 Å². The fourth-order valence-corrected chi connectivity index (χ4v) is 0.814. The summed E-state index contributed by atoms with van der Waals surface area (Å²) in [6.45, 7) is 0.537. The molecule has 2 N–H and O–H groups in total. The summed E-state index contributed by atoms with van der Waals surface area (Å²) in [6, 6.07) is 0. The minimum atomic E-state index is -0.588. The van der Waals surface area contributed by atoms with Crippen LogP contribution < -0.4 is 11.0 Å². The molecular weight excluding hydrogens is 160 g/mol. The van der Waals surface area contributed by atoms with Crippen LogP contribution >= 0.6 is 0 Å². The molecule has 1 heterocycles. The predicted molar refractivity (Wildman–Crippen MR) is 41.3 cm³/mol. The lowest BCUT2D eigenvalue weighted by Crippen LogP contribution is -2.58. The molecule has 0 aromatic rings. The van der Waals surface area contributed by atoms with Crippen molar-refractivity contribution in [2.45, 2.75) is 6.42 Å². The van der Waals surface area contributed by atoms with Crippen molar-refractivity contribution in [2.24, 2.45) is 0 Å². The summed E-state index contributed by atoms with van der Waals surface area (Å²) in [5, 5.41) is 3.39. The Morgan fingerprint density at radius 3 is 2.67 bits per heavy atom. The highest BCUT2D eigenvalue weighted by atomic mass is 16.2. The molecule has 0 aliphatic carbocycles. The van der Waals surface area contributed by atoms with Gasteiger partial charge in [0.2, 0.25) is 5.78 Å². The normalized spacial score (nSPS) is 23.2. The SMILES string of the molecule is CN1CCC(=O)C(=O)NNN1C. The molecule has 0 aromatic carbocycles. The third kappa shape index (κ3) is 2.00. The van der Waals surface area contributed by atoms with E-state index in [4.69, 9.17) is 0 Å². The first kappa shape index (κ1) is 9.11. The molecule has 68 valence electrons. The van der Waals surface area contributed by atoms with E-state index in [1.54, 1.807) is 17.2 Å². The topological polar surface area (TPSA) is 64.7 Å². The number of hydrazine groups is 3. The molecule has 12 heavy (non-hydrogen) atoms. The maximum Gasteiger partial charge on any atom is 0.302 e. The molecule has 6 nitrogen and oxygen atoms in total. The smallest absolute Gasteiger partial charge is 0.289 e. The molecule has 0 aromatic heterocycles. The number of ketones is 1. The molecule has 0 saturated carbocycles. The van der Waals surface area contributed by atoms with E-state index in [1.165, 1.54) is 0 Å². The monoisotopic (exact) mass is 172 g/mol. The van der Waals surface area contributed by atoms with Gasteiger partial charge >= 0.3 is 5.91 Å². The first-order valence-electron chi connectivity index (χ1n) is 3.65. The van der Waals surface area contributed by atoms with Crippen molar-refractivity contribution < 1.29 is 9.59 Å². The molecule has 1 saturated heterocycles. The van der Waals surface area contributed by atoms with Gasteiger partial charge in [-0.15, -0.1) is 0 Å². The summed E-state index contributed by atoms with van der Waals surface area (Å²) in [6.07, 6.45) is 0.244. The molecule has 1 amide bonds. The van der Waals surface area contributed by atoms with Gasteiger partial charge in [0.1, 0.15) is 0 Å². The van der Waals surface area contributed by atoms with E-state index in [-0.39, 0.29) is 6.42 Å². The molecule has 1 fully saturated rings. The molecule has 0 bridgehead atoms. The minimum Gasteiger partial charge on any atom is -0.289 e. The standard InChI is InChI=1S/C6H12N4O2/c1-9-4-3-5(11)6(12)7-8-10(9)2/h8H,3-4H2,1-2H3,(H,7,12). The lowest BCUT2D eigenvalue weighted by atomic mass is 10.2. The van der Waals surface area contributed by atoms with Crippen LogP contribution in [0.2, 0.25) is 0 Å². The van der Waals surface area contributed by atoms with E-state index in [0.29, 0.717) is 6.54 Å². The zero-order valence-electron chi connectivity index (χ0n) is 7.13. The van der Waals surface area contributed by atoms with Crippen LogP contribution in [-0.2, 0) is 9.59 Å². The Morgan fingerprint density at radius 2 is 2.00 bits per heavy atom. The Balaban J connectivity index is 2.57. The molecule has 1 aliphatic rings. The van der Waals surface area contributed by atoms with Crippen LogP contribution in [0.1, 0.15) is 6.42 Å².